The van der Waals surface area contributed by atoms with E-state index in [0.29, 0.717) is 0 Å². The Labute approximate surface area is 85.1 Å². The summed E-state index contributed by atoms with van der Waals surface area (Å²) in [6, 6.07) is 0. The summed E-state index contributed by atoms with van der Waals surface area (Å²) in [5, 5.41) is 11.0. The molecule has 0 amide bonds. The van der Waals surface area contributed by atoms with Crippen molar-refractivity contribution in [3.63, 3.8) is 0 Å². The van der Waals surface area contributed by atoms with E-state index >= 15 is 0 Å². The first-order valence-corrected chi connectivity index (χ1v) is 4.98. The zero-order valence-electron chi connectivity index (χ0n) is 8.98. The van der Waals surface area contributed by atoms with Gasteiger partial charge in [-0.05, 0) is 33.6 Å². The van der Waals surface area contributed by atoms with E-state index in [1.54, 1.807) is 6.20 Å². The van der Waals surface area contributed by atoms with E-state index < -0.39 is 0 Å². The van der Waals surface area contributed by atoms with Crippen molar-refractivity contribution in [2.45, 2.75) is 13.0 Å². The third-order valence-electron chi connectivity index (χ3n) is 1.95. The van der Waals surface area contributed by atoms with E-state index in [4.69, 9.17) is 0 Å². The summed E-state index contributed by atoms with van der Waals surface area (Å²) in [7, 11) is 4.19. The fraction of sp³-hybridized carbons (Fsp3) is 0.778. The van der Waals surface area contributed by atoms with Crippen LogP contribution in [-0.2, 0) is 6.54 Å². The van der Waals surface area contributed by atoms with Crippen molar-refractivity contribution in [3.05, 3.63) is 12.4 Å². The van der Waals surface area contributed by atoms with Crippen LogP contribution in [-0.4, -0.2) is 53.6 Å². The zero-order chi connectivity index (χ0) is 10.2. The molecule has 1 aromatic rings. The molecule has 0 atom stereocenters. The van der Waals surface area contributed by atoms with E-state index in [9.17, 15) is 0 Å². The Morgan fingerprint density at radius 1 is 1.36 bits per heavy atom. The number of hydrogen-bond acceptors (Lipinski definition) is 4. The molecule has 0 spiro atoms. The van der Waals surface area contributed by atoms with E-state index in [1.165, 1.54) is 6.42 Å². The summed E-state index contributed by atoms with van der Waals surface area (Å²) in [6.45, 7) is 4.04. The van der Waals surface area contributed by atoms with Crippen molar-refractivity contribution >= 4 is 0 Å². The second kappa shape index (κ2) is 6.50. The lowest BCUT2D eigenvalue weighted by molar-refractivity contribution is 0.392. The molecule has 0 aliphatic heterocycles. The Bertz CT molecular complexity index is 219. The van der Waals surface area contributed by atoms with Gasteiger partial charge in [-0.3, -0.25) is 4.68 Å². The van der Waals surface area contributed by atoms with Gasteiger partial charge in [-0.15, -0.1) is 5.10 Å². The Hall–Kier alpha value is -0.940. The van der Waals surface area contributed by atoms with Crippen LogP contribution in [0, 0.1) is 0 Å². The van der Waals surface area contributed by atoms with Crippen LogP contribution in [0.4, 0.5) is 0 Å². The molecule has 0 aliphatic rings. The maximum Gasteiger partial charge on any atom is 0.0692 e. The van der Waals surface area contributed by atoms with E-state index in [-0.39, 0.29) is 0 Å². The molecule has 1 N–H and O–H groups in total. The molecule has 0 aromatic carbocycles. The highest BCUT2D eigenvalue weighted by atomic mass is 15.4. The van der Waals surface area contributed by atoms with Crippen LogP contribution >= 0.6 is 0 Å². The molecule has 1 heterocycles. The largest absolute Gasteiger partial charge is 0.315 e. The maximum absolute atomic E-state index is 3.88. The van der Waals surface area contributed by atoms with Gasteiger partial charge in [0.05, 0.1) is 12.7 Å². The molecular formula is C9H19N5. The van der Waals surface area contributed by atoms with Crippen molar-refractivity contribution in [1.82, 2.24) is 25.2 Å². The van der Waals surface area contributed by atoms with Gasteiger partial charge < -0.3 is 10.2 Å². The van der Waals surface area contributed by atoms with Gasteiger partial charge in [-0.25, -0.2) is 0 Å². The molecule has 5 nitrogen and oxygen atoms in total. The van der Waals surface area contributed by atoms with E-state index in [2.05, 4.69) is 34.6 Å². The Kier molecular flexibility index (Phi) is 5.17. The molecule has 80 valence electrons. The SMILES string of the molecule is CN(C)CCCNCCn1ccnn1. The number of rotatable bonds is 7. The number of aromatic nitrogens is 3. The molecule has 1 aromatic heterocycles. The summed E-state index contributed by atoms with van der Waals surface area (Å²) in [6.07, 6.45) is 4.76. The Morgan fingerprint density at radius 2 is 2.21 bits per heavy atom. The summed E-state index contributed by atoms with van der Waals surface area (Å²) in [5.74, 6) is 0. The van der Waals surface area contributed by atoms with Gasteiger partial charge in [0, 0.05) is 12.7 Å². The van der Waals surface area contributed by atoms with E-state index in [0.717, 1.165) is 26.2 Å². The molecule has 5 heteroatoms. The van der Waals surface area contributed by atoms with Crippen molar-refractivity contribution in [2.24, 2.45) is 0 Å². The molecule has 0 aliphatic carbocycles. The van der Waals surface area contributed by atoms with Gasteiger partial charge in [0.2, 0.25) is 0 Å². The average molecular weight is 197 g/mol. The molecule has 0 radical (unpaired) electrons. The quantitative estimate of drug-likeness (QED) is 0.616. The maximum atomic E-state index is 3.88. The predicted molar refractivity (Wildman–Crippen MR) is 56.1 cm³/mol. The molecular weight excluding hydrogens is 178 g/mol. The van der Waals surface area contributed by atoms with Crippen LogP contribution in [0.3, 0.4) is 0 Å². The minimum Gasteiger partial charge on any atom is -0.315 e. The standard InChI is InChI=1S/C9H19N5/c1-13(2)7-3-4-10-5-8-14-9-6-11-12-14/h6,9-10H,3-5,7-8H2,1-2H3. The van der Waals surface area contributed by atoms with Gasteiger partial charge in [-0.1, -0.05) is 5.21 Å². The normalized spacial score (nSPS) is 11.1. The van der Waals surface area contributed by atoms with Crippen LogP contribution < -0.4 is 5.32 Å². The predicted octanol–water partition coefficient (Wildman–Crippen LogP) is -0.181. The fourth-order valence-corrected chi connectivity index (χ4v) is 1.19. The lowest BCUT2D eigenvalue weighted by Gasteiger charge is -2.09. The molecule has 0 saturated carbocycles. The highest BCUT2D eigenvalue weighted by Gasteiger charge is 1.92. The smallest absolute Gasteiger partial charge is 0.0692 e. The molecule has 1 rings (SSSR count). The zero-order valence-corrected chi connectivity index (χ0v) is 8.98. The minimum atomic E-state index is 0.891. The first-order chi connectivity index (χ1) is 6.79. The minimum absolute atomic E-state index is 0.891. The summed E-state index contributed by atoms with van der Waals surface area (Å²) in [5.41, 5.74) is 0. The third-order valence-corrected chi connectivity index (χ3v) is 1.95. The molecule has 0 bridgehead atoms. The molecule has 0 saturated heterocycles. The Balaban J connectivity index is 1.90. The highest BCUT2D eigenvalue weighted by Crippen LogP contribution is 1.82. The van der Waals surface area contributed by atoms with Crippen LogP contribution in [0.2, 0.25) is 0 Å². The lowest BCUT2D eigenvalue weighted by atomic mass is 10.4. The van der Waals surface area contributed by atoms with Crippen LogP contribution in [0.25, 0.3) is 0 Å². The van der Waals surface area contributed by atoms with Crippen molar-refractivity contribution < 1.29 is 0 Å². The second-order valence-electron chi connectivity index (χ2n) is 3.57. The van der Waals surface area contributed by atoms with E-state index in [1.807, 2.05) is 10.9 Å². The van der Waals surface area contributed by atoms with Gasteiger partial charge in [-0.2, -0.15) is 0 Å². The number of nitrogens with zero attached hydrogens (tertiary/aromatic N) is 4. The van der Waals surface area contributed by atoms with Crippen molar-refractivity contribution in [3.8, 4) is 0 Å². The topological polar surface area (TPSA) is 46.0 Å². The lowest BCUT2D eigenvalue weighted by Crippen LogP contribution is -2.24. The van der Waals surface area contributed by atoms with Crippen molar-refractivity contribution in [1.29, 1.82) is 0 Å². The van der Waals surface area contributed by atoms with Gasteiger partial charge in [0.25, 0.3) is 0 Å². The van der Waals surface area contributed by atoms with Crippen LogP contribution in [0.1, 0.15) is 6.42 Å². The van der Waals surface area contributed by atoms with Gasteiger partial charge >= 0.3 is 0 Å². The fourth-order valence-electron chi connectivity index (χ4n) is 1.19. The summed E-state index contributed by atoms with van der Waals surface area (Å²) < 4.78 is 1.83. The summed E-state index contributed by atoms with van der Waals surface area (Å²) >= 11 is 0. The number of nitrogens with one attached hydrogen (secondary N) is 1. The van der Waals surface area contributed by atoms with Gasteiger partial charge in [0.1, 0.15) is 0 Å². The average Bonchev–Trinajstić information content (AvgIpc) is 2.63. The monoisotopic (exact) mass is 197 g/mol. The first-order valence-electron chi connectivity index (χ1n) is 4.98. The second-order valence-corrected chi connectivity index (χ2v) is 3.57. The Morgan fingerprint density at radius 3 is 2.86 bits per heavy atom. The molecule has 0 unspecified atom stereocenters. The number of hydrogen-bond donors (Lipinski definition) is 1. The molecule has 0 fully saturated rings. The van der Waals surface area contributed by atoms with Crippen LogP contribution in [0.5, 0.6) is 0 Å². The third kappa shape index (κ3) is 4.94. The highest BCUT2D eigenvalue weighted by molar-refractivity contribution is 4.64. The van der Waals surface area contributed by atoms with Crippen LogP contribution in [0.15, 0.2) is 12.4 Å². The molecule has 14 heavy (non-hydrogen) atoms. The first kappa shape index (κ1) is 11.1. The van der Waals surface area contributed by atoms with Crippen molar-refractivity contribution in [2.75, 3.05) is 33.7 Å². The van der Waals surface area contributed by atoms with Gasteiger partial charge in [0.15, 0.2) is 0 Å². The summed E-state index contributed by atoms with van der Waals surface area (Å²) in [4.78, 5) is 2.19.